The van der Waals surface area contributed by atoms with Crippen LogP contribution in [0.1, 0.15) is 16.1 Å². The van der Waals surface area contributed by atoms with Crippen molar-refractivity contribution in [1.82, 2.24) is 5.32 Å². The van der Waals surface area contributed by atoms with Gasteiger partial charge in [-0.3, -0.25) is 19.7 Å². The zero-order chi connectivity index (χ0) is 17.5. The van der Waals surface area contributed by atoms with Gasteiger partial charge in [-0.15, -0.1) is 11.3 Å². The van der Waals surface area contributed by atoms with E-state index in [0.717, 1.165) is 0 Å². The second-order valence-electron chi connectivity index (χ2n) is 4.67. The first-order valence-corrected chi connectivity index (χ1v) is 7.83. The number of nitro groups is 1. The summed E-state index contributed by atoms with van der Waals surface area (Å²) in [5, 5.41) is 17.8. The second-order valence-corrected chi connectivity index (χ2v) is 5.62. The third-order valence-corrected chi connectivity index (χ3v) is 3.92. The number of ether oxygens (including phenoxy) is 1. The maximum Gasteiger partial charge on any atom is 0.271 e. The van der Waals surface area contributed by atoms with Crippen molar-refractivity contribution in [3.05, 3.63) is 50.7 Å². The average molecular weight is 349 g/mol. The Morgan fingerprint density at radius 2 is 2.12 bits per heavy atom. The average Bonchev–Trinajstić information content (AvgIpc) is 3.09. The minimum atomic E-state index is -0.559. The van der Waals surface area contributed by atoms with Crippen LogP contribution in [-0.2, 0) is 4.79 Å². The minimum absolute atomic E-state index is 0.0307. The van der Waals surface area contributed by atoms with Crippen molar-refractivity contribution in [3.63, 3.8) is 0 Å². The first kappa shape index (κ1) is 17.4. The van der Waals surface area contributed by atoms with Crippen LogP contribution >= 0.6 is 11.3 Å². The Hall–Kier alpha value is -2.94. The van der Waals surface area contributed by atoms with Crippen molar-refractivity contribution in [2.24, 2.45) is 0 Å². The molecule has 2 rings (SSSR count). The second kappa shape index (κ2) is 8.06. The van der Waals surface area contributed by atoms with Crippen LogP contribution in [-0.4, -0.2) is 30.4 Å². The molecule has 0 unspecified atom stereocenters. The molecule has 1 heterocycles. The number of benzene rings is 1. The fourth-order valence-electron chi connectivity index (χ4n) is 1.90. The smallest absolute Gasteiger partial charge is 0.271 e. The molecule has 1 aromatic heterocycles. The minimum Gasteiger partial charge on any atom is -0.495 e. The molecule has 8 nitrogen and oxygen atoms in total. The number of nitrogens with one attached hydrogen (secondary N) is 2. The van der Waals surface area contributed by atoms with E-state index in [1.807, 2.05) is 0 Å². The van der Waals surface area contributed by atoms with E-state index in [-0.39, 0.29) is 36.2 Å². The predicted octanol–water partition coefficient (Wildman–Crippen LogP) is 2.42. The van der Waals surface area contributed by atoms with E-state index in [4.69, 9.17) is 4.74 Å². The molecule has 0 saturated heterocycles. The number of hydrogen-bond donors (Lipinski definition) is 2. The van der Waals surface area contributed by atoms with E-state index in [1.165, 1.54) is 36.6 Å². The highest BCUT2D eigenvalue weighted by Gasteiger charge is 2.14. The third-order valence-electron chi connectivity index (χ3n) is 3.05. The molecule has 0 fully saturated rings. The number of hydrogen-bond acceptors (Lipinski definition) is 6. The first-order valence-electron chi connectivity index (χ1n) is 6.95. The van der Waals surface area contributed by atoms with Crippen molar-refractivity contribution in [2.75, 3.05) is 19.0 Å². The summed E-state index contributed by atoms with van der Waals surface area (Å²) in [5.74, 6) is -0.317. The molecule has 0 aliphatic heterocycles. The summed E-state index contributed by atoms with van der Waals surface area (Å²) in [6.07, 6.45) is 0.0307. The monoisotopic (exact) mass is 349 g/mol. The van der Waals surface area contributed by atoms with Gasteiger partial charge in [-0.2, -0.15) is 0 Å². The van der Waals surface area contributed by atoms with Crippen LogP contribution in [0.5, 0.6) is 5.75 Å². The lowest BCUT2D eigenvalue weighted by Crippen LogP contribution is -2.27. The van der Waals surface area contributed by atoms with Gasteiger partial charge in [0.2, 0.25) is 5.91 Å². The number of carbonyl (C=O) groups is 2. The number of thiophene rings is 1. The van der Waals surface area contributed by atoms with Gasteiger partial charge in [0.1, 0.15) is 5.75 Å². The molecule has 2 aromatic rings. The van der Waals surface area contributed by atoms with Gasteiger partial charge in [0.05, 0.1) is 22.6 Å². The standard InChI is InChI=1S/C15H15N3O5S/c1-23-12-5-4-10(18(21)22)9-11(12)17-14(19)6-7-16-15(20)13-3-2-8-24-13/h2-5,8-9H,6-7H2,1H3,(H,16,20)(H,17,19). The molecule has 0 spiro atoms. The SMILES string of the molecule is COc1ccc([N+](=O)[O-])cc1NC(=O)CCNC(=O)c1cccs1. The molecule has 1 aromatic carbocycles. The van der Waals surface area contributed by atoms with Gasteiger partial charge in [0.25, 0.3) is 11.6 Å². The Balaban J connectivity index is 1.91. The third kappa shape index (κ3) is 4.53. The van der Waals surface area contributed by atoms with Gasteiger partial charge < -0.3 is 15.4 Å². The topological polar surface area (TPSA) is 111 Å². The Bertz CT molecular complexity index is 746. The Labute approximate surface area is 141 Å². The zero-order valence-electron chi connectivity index (χ0n) is 12.8. The maximum absolute atomic E-state index is 11.9. The Morgan fingerprint density at radius 1 is 1.33 bits per heavy atom. The highest BCUT2D eigenvalue weighted by Crippen LogP contribution is 2.28. The van der Waals surface area contributed by atoms with Gasteiger partial charge >= 0.3 is 0 Å². The van der Waals surface area contributed by atoms with Crippen LogP contribution in [0.15, 0.2) is 35.7 Å². The van der Waals surface area contributed by atoms with Gasteiger partial charge in [-0.1, -0.05) is 6.07 Å². The van der Waals surface area contributed by atoms with Crippen LogP contribution in [0.25, 0.3) is 0 Å². The number of nitro benzene ring substituents is 1. The lowest BCUT2D eigenvalue weighted by Gasteiger charge is -2.10. The summed E-state index contributed by atoms with van der Waals surface area (Å²) in [5.41, 5.74) is 0.0541. The maximum atomic E-state index is 11.9. The molecular formula is C15H15N3O5S. The lowest BCUT2D eigenvalue weighted by atomic mass is 10.2. The summed E-state index contributed by atoms with van der Waals surface area (Å²) >= 11 is 1.31. The molecule has 2 N–H and O–H groups in total. The number of amides is 2. The Kier molecular flexibility index (Phi) is 5.85. The largest absolute Gasteiger partial charge is 0.495 e. The molecule has 0 atom stereocenters. The summed E-state index contributed by atoms with van der Waals surface area (Å²) in [4.78, 5) is 34.5. The number of methoxy groups -OCH3 is 1. The Morgan fingerprint density at radius 3 is 2.75 bits per heavy atom. The first-order chi connectivity index (χ1) is 11.5. The van der Waals surface area contributed by atoms with E-state index in [2.05, 4.69) is 10.6 Å². The lowest BCUT2D eigenvalue weighted by molar-refractivity contribution is -0.384. The van der Waals surface area contributed by atoms with E-state index < -0.39 is 4.92 Å². The number of non-ortho nitro benzene ring substituents is 1. The summed E-state index contributed by atoms with van der Waals surface area (Å²) in [7, 11) is 1.40. The van der Waals surface area contributed by atoms with Crippen molar-refractivity contribution in [2.45, 2.75) is 6.42 Å². The normalized spacial score (nSPS) is 10.0. The van der Waals surface area contributed by atoms with Gasteiger partial charge in [-0.05, 0) is 17.5 Å². The van der Waals surface area contributed by atoms with Gasteiger partial charge in [0.15, 0.2) is 0 Å². The van der Waals surface area contributed by atoms with Gasteiger partial charge in [-0.25, -0.2) is 0 Å². The van der Waals surface area contributed by atoms with Crippen molar-refractivity contribution in [1.29, 1.82) is 0 Å². The molecule has 0 radical (unpaired) electrons. The molecule has 0 saturated carbocycles. The number of carbonyl (C=O) groups excluding carboxylic acids is 2. The van der Waals surface area contributed by atoms with Crippen LogP contribution in [0.3, 0.4) is 0 Å². The number of rotatable bonds is 7. The molecule has 2 amide bonds. The number of nitrogens with zero attached hydrogens (tertiary/aromatic N) is 1. The number of anilines is 1. The molecule has 0 aliphatic rings. The highest BCUT2D eigenvalue weighted by molar-refractivity contribution is 7.12. The molecule has 0 aliphatic carbocycles. The van der Waals surface area contributed by atoms with E-state index in [1.54, 1.807) is 17.5 Å². The molecule has 126 valence electrons. The summed E-state index contributed by atoms with van der Waals surface area (Å²) in [6.45, 7) is 0.153. The van der Waals surface area contributed by atoms with Gasteiger partial charge in [0, 0.05) is 25.1 Å². The predicted molar refractivity (Wildman–Crippen MR) is 89.5 cm³/mol. The summed E-state index contributed by atoms with van der Waals surface area (Å²) < 4.78 is 5.07. The summed E-state index contributed by atoms with van der Waals surface area (Å²) in [6, 6.07) is 7.37. The molecular weight excluding hydrogens is 334 g/mol. The zero-order valence-corrected chi connectivity index (χ0v) is 13.6. The van der Waals surface area contributed by atoms with E-state index in [0.29, 0.717) is 10.6 Å². The molecule has 9 heteroatoms. The quantitative estimate of drug-likeness (QED) is 0.589. The highest BCUT2D eigenvalue weighted by atomic mass is 32.1. The van der Waals surface area contributed by atoms with Crippen LogP contribution < -0.4 is 15.4 Å². The fraction of sp³-hybridized carbons (Fsp3) is 0.200. The van der Waals surface area contributed by atoms with Crippen molar-refractivity contribution >= 4 is 34.5 Å². The van der Waals surface area contributed by atoms with Crippen LogP contribution in [0, 0.1) is 10.1 Å². The van der Waals surface area contributed by atoms with E-state index >= 15 is 0 Å². The van der Waals surface area contributed by atoms with Crippen molar-refractivity contribution < 1.29 is 19.2 Å². The van der Waals surface area contributed by atoms with Crippen LogP contribution in [0.2, 0.25) is 0 Å². The van der Waals surface area contributed by atoms with Crippen LogP contribution in [0.4, 0.5) is 11.4 Å². The van der Waals surface area contributed by atoms with E-state index in [9.17, 15) is 19.7 Å². The molecule has 24 heavy (non-hydrogen) atoms. The molecule has 0 bridgehead atoms. The fourth-order valence-corrected chi connectivity index (χ4v) is 2.54. The van der Waals surface area contributed by atoms with Crippen molar-refractivity contribution in [3.8, 4) is 5.75 Å².